The molecule has 0 atom stereocenters. The summed E-state index contributed by atoms with van der Waals surface area (Å²) in [4.78, 5) is 26.2. The van der Waals surface area contributed by atoms with Gasteiger partial charge in [0.1, 0.15) is 5.52 Å². The lowest BCUT2D eigenvalue weighted by Gasteiger charge is -2.09. The summed E-state index contributed by atoms with van der Waals surface area (Å²) in [7, 11) is 0. The van der Waals surface area contributed by atoms with Crippen LogP contribution in [0.1, 0.15) is 16.8 Å². The smallest absolute Gasteiger partial charge is 0.330 e. The van der Waals surface area contributed by atoms with Crippen molar-refractivity contribution in [3.63, 3.8) is 0 Å². The summed E-state index contributed by atoms with van der Waals surface area (Å²) in [6.07, 6.45) is 5.71. The molecule has 10 heteroatoms. The molecule has 4 aromatic heterocycles. The zero-order chi connectivity index (χ0) is 20.7. The van der Waals surface area contributed by atoms with Crippen LogP contribution in [0.25, 0.3) is 11.2 Å². The second kappa shape index (κ2) is 7.79. The molecule has 0 radical (unpaired) electrons. The number of pyridine rings is 1. The number of nitrogens with two attached hydrogens (primary N) is 1. The highest BCUT2D eigenvalue weighted by Gasteiger charge is 2.20. The van der Waals surface area contributed by atoms with Crippen molar-refractivity contribution in [3.8, 4) is 0 Å². The van der Waals surface area contributed by atoms with E-state index in [4.69, 9.17) is 17.3 Å². The van der Waals surface area contributed by atoms with E-state index < -0.39 is 0 Å². The summed E-state index contributed by atoms with van der Waals surface area (Å²) < 4.78 is 6.29. The van der Waals surface area contributed by atoms with E-state index in [2.05, 4.69) is 37.5 Å². The average Bonchev–Trinajstić information content (AvgIpc) is 3.28. The molecule has 29 heavy (non-hydrogen) atoms. The van der Waals surface area contributed by atoms with E-state index in [9.17, 15) is 4.79 Å². The molecule has 0 bridgehead atoms. The topological polar surface area (TPSA) is 96.5 Å². The van der Waals surface area contributed by atoms with Gasteiger partial charge in [0.25, 0.3) is 0 Å². The first kappa shape index (κ1) is 19.9. The fourth-order valence-electron chi connectivity index (χ4n) is 3.33. The zero-order valence-corrected chi connectivity index (χ0v) is 18.8. The van der Waals surface area contributed by atoms with E-state index in [1.807, 2.05) is 49.1 Å². The molecule has 0 amide bonds. The van der Waals surface area contributed by atoms with Gasteiger partial charge in [0.05, 0.1) is 12.2 Å². The lowest BCUT2D eigenvalue weighted by molar-refractivity contribution is 0.564. The summed E-state index contributed by atoms with van der Waals surface area (Å²) in [5.74, 6) is 0.0296. The Balaban J connectivity index is 1.84. The van der Waals surface area contributed by atoms with Crippen molar-refractivity contribution >= 4 is 51.3 Å². The Labute approximate surface area is 185 Å². The molecule has 0 fully saturated rings. The summed E-state index contributed by atoms with van der Waals surface area (Å²) in [6, 6.07) is 3.88. The SMILES string of the molecule is Cc1cnc(Cn2c(=O)n(CCn3cccc3)c3c(Cl)nc(N)nc32)c(C)c1I. The second-order valence-corrected chi connectivity index (χ2v) is 8.25. The standard InChI is InChI=1S/C19H19ClIN7O/c1-11-9-23-13(12(2)14(11)21)10-28-17-15(16(20)24-18(22)25-17)27(19(28)29)8-7-26-5-3-4-6-26/h3-6,9H,7-8,10H2,1-2H3,(H2,22,24,25). The molecule has 4 rings (SSSR count). The van der Waals surface area contributed by atoms with Gasteiger partial charge in [-0.15, -0.1) is 0 Å². The number of nitrogen functional groups attached to an aromatic ring is 1. The molecular weight excluding hydrogens is 505 g/mol. The number of hydrogen-bond acceptors (Lipinski definition) is 5. The van der Waals surface area contributed by atoms with Crippen LogP contribution >= 0.6 is 34.2 Å². The number of rotatable bonds is 5. The number of imidazole rings is 1. The molecule has 0 aromatic carbocycles. The summed E-state index contributed by atoms with van der Waals surface area (Å²) in [6.45, 7) is 5.34. The Hall–Kier alpha value is -2.40. The Morgan fingerprint density at radius 2 is 1.86 bits per heavy atom. The Bertz CT molecular complexity index is 1260. The lowest BCUT2D eigenvalue weighted by Crippen LogP contribution is -2.26. The molecule has 150 valence electrons. The lowest BCUT2D eigenvalue weighted by atomic mass is 10.1. The molecular formula is C19H19ClIN7O. The number of anilines is 1. The van der Waals surface area contributed by atoms with Crippen LogP contribution in [0.4, 0.5) is 5.95 Å². The number of halogens is 2. The van der Waals surface area contributed by atoms with E-state index in [1.165, 1.54) is 0 Å². The summed E-state index contributed by atoms with van der Waals surface area (Å²) >= 11 is 8.66. The molecule has 4 aromatic rings. The summed E-state index contributed by atoms with van der Waals surface area (Å²) in [5, 5.41) is 0.166. The minimum Gasteiger partial charge on any atom is -0.368 e. The predicted molar refractivity (Wildman–Crippen MR) is 121 cm³/mol. The van der Waals surface area contributed by atoms with Crippen LogP contribution in [-0.2, 0) is 19.6 Å². The minimum absolute atomic E-state index is 0.0296. The molecule has 0 saturated heterocycles. The van der Waals surface area contributed by atoms with Crippen molar-refractivity contribution in [1.29, 1.82) is 0 Å². The van der Waals surface area contributed by atoms with Crippen LogP contribution in [0.15, 0.2) is 35.5 Å². The van der Waals surface area contributed by atoms with Crippen LogP contribution < -0.4 is 11.4 Å². The van der Waals surface area contributed by atoms with Crippen molar-refractivity contribution < 1.29 is 0 Å². The minimum atomic E-state index is -0.217. The van der Waals surface area contributed by atoms with Gasteiger partial charge in [-0.1, -0.05) is 11.6 Å². The van der Waals surface area contributed by atoms with E-state index in [-0.39, 0.29) is 23.3 Å². The molecule has 0 saturated carbocycles. The Kier molecular flexibility index (Phi) is 5.34. The zero-order valence-electron chi connectivity index (χ0n) is 15.9. The van der Waals surface area contributed by atoms with Gasteiger partial charge in [0.2, 0.25) is 5.95 Å². The van der Waals surface area contributed by atoms with E-state index in [0.717, 1.165) is 20.4 Å². The Morgan fingerprint density at radius 3 is 2.59 bits per heavy atom. The molecule has 0 aliphatic heterocycles. The van der Waals surface area contributed by atoms with Crippen LogP contribution in [0.5, 0.6) is 0 Å². The van der Waals surface area contributed by atoms with Gasteiger partial charge in [-0.3, -0.25) is 14.1 Å². The monoisotopic (exact) mass is 523 g/mol. The van der Waals surface area contributed by atoms with Crippen molar-refractivity contribution in [2.24, 2.45) is 0 Å². The number of aromatic nitrogens is 6. The third-order valence-electron chi connectivity index (χ3n) is 4.91. The third kappa shape index (κ3) is 3.64. The molecule has 0 spiro atoms. The van der Waals surface area contributed by atoms with Crippen LogP contribution in [0, 0.1) is 17.4 Å². The van der Waals surface area contributed by atoms with Gasteiger partial charge in [0, 0.05) is 35.3 Å². The number of fused-ring (bicyclic) bond motifs is 1. The molecule has 2 N–H and O–H groups in total. The average molecular weight is 524 g/mol. The molecule has 0 unspecified atom stereocenters. The maximum Gasteiger partial charge on any atom is 0.330 e. The summed E-state index contributed by atoms with van der Waals surface area (Å²) in [5.41, 5.74) is 9.45. The highest BCUT2D eigenvalue weighted by Crippen LogP contribution is 2.23. The number of nitrogens with zero attached hydrogens (tertiary/aromatic N) is 6. The van der Waals surface area contributed by atoms with Gasteiger partial charge in [0.15, 0.2) is 10.8 Å². The van der Waals surface area contributed by atoms with Gasteiger partial charge in [-0.2, -0.15) is 9.97 Å². The van der Waals surface area contributed by atoms with Crippen LogP contribution in [0.2, 0.25) is 5.15 Å². The normalized spacial score (nSPS) is 11.4. The highest BCUT2D eigenvalue weighted by atomic mass is 127. The van der Waals surface area contributed by atoms with Crippen LogP contribution in [-0.4, -0.2) is 28.7 Å². The molecule has 0 aliphatic carbocycles. The first-order valence-electron chi connectivity index (χ1n) is 9.00. The fourth-order valence-corrected chi connectivity index (χ4v) is 4.05. The molecule has 0 aliphatic rings. The Morgan fingerprint density at radius 1 is 1.14 bits per heavy atom. The number of hydrogen-bond donors (Lipinski definition) is 1. The molecule has 8 nitrogen and oxygen atoms in total. The van der Waals surface area contributed by atoms with E-state index in [1.54, 1.807) is 9.13 Å². The maximum absolute atomic E-state index is 13.3. The van der Waals surface area contributed by atoms with Gasteiger partial charge in [-0.05, 0) is 59.7 Å². The first-order valence-corrected chi connectivity index (χ1v) is 10.5. The van der Waals surface area contributed by atoms with E-state index >= 15 is 0 Å². The largest absolute Gasteiger partial charge is 0.368 e. The maximum atomic E-state index is 13.3. The van der Waals surface area contributed by atoms with E-state index in [0.29, 0.717) is 24.3 Å². The van der Waals surface area contributed by atoms with Crippen LogP contribution in [0.3, 0.4) is 0 Å². The first-order chi connectivity index (χ1) is 13.9. The predicted octanol–water partition coefficient (Wildman–Crippen LogP) is 3.00. The van der Waals surface area contributed by atoms with Crippen molar-refractivity contribution in [3.05, 3.63) is 66.8 Å². The quantitative estimate of drug-likeness (QED) is 0.320. The van der Waals surface area contributed by atoms with Gasteiger partial charge < -0.3 is 10.3 Å². The fraction of sp³-hybridized carbons (Fsp3) is 0.263. The van der Waals surface area contributed by atoms with Crippen molar-refractivity contribution in [2.75, 3.05) is 5.73 Å². The number of aryl methyl sites for hydroxylation is 3. The third-order valence-corrected chi connectivity index (χ3v) is 6.83. The van der Waals surface area contributed by atoms with Gasteiger partial charge in [-0.25, -0.2) is 4.79 Å². The van der Waals surface area contributed by atoms with Crippen molar-refractivity contribution in [1.82, 2.24) is 28.7 Å². The highest BCUT2D eigenvalue weighted by molar-refractivity contribution is 14.1. The van der Waals surface area contributed by atoms with Gasteiger partial charge >= 0.3 is 5.69 Å². The second-order valence-electron chi connectivity index (χ2n) is 6.81. The molecule has 4 heterocycles. The van der Waals surface area contributed by atoms with Crippen molar-refractivity contribution in [2.45, 2.75) is 33.5 Å².